The van der Waals surface area contributed by atoms with Crippen molar-refractivity contribution in [1.29, 1.82) is 0 Å². The number of hydrogen-bond acceptors (Lipinski definition) is 3. The second kappa shape index (κ2) is 4.24. The molecular weight excluding hydrogens is 209 g/mol. The van der Waals surface area contributed by atoms with E-state index in [1.807, 2.05) is 0 Å². The van der Waals surface area contributed by atoms with Crippen LogP contribution in [0.15, 0.2) is 35.3 Å². The van der Waals surface area contributed by atoms with Gasteiger partial charge in [0.2, 0.25) is 0 Å². The van der Waals surface area contributed by atoms with Crippen molar-refractivity contribution in [3.05, 3.63) is 52.2 Å². The first-order chi connectivity index (χ1) is 7.70. The van der Waals surface area contributed by atoms with Gasteiger partial charge in [-0.1, -0.05) is 6.07 Å². The summed E-state index contributed by atoms with van der Waals surface area (Å²) in [7, 11) is 0. The van der Waals surface area contributed by atoms with E-state index in [4.69, 9.17) is 5.73 Å². The molecule has 2 rings (SSSR count). The molecule has 2 aromatic rings. The predicted molar refractivity (Wildman–Crippen MR) is 58.1 cm³/mol. The molecular formula is C11H10FN3O. The molecule has 0 radical (unpaired) electrons. The van der Waals surface area contributed by atoms with Crippen LogP contribution in [0.1, 0.15) is 5.56 Å². The van der Waals surface area contributed by atoms with Gasteiger partial charge in [-0.2, -0.15) is 0 Å². The fourth-order valence-corrected chi connectivity index (χ4v) is 1.35. The van der Waals surface area contributed by atoms with Crippen LogP contribution in [0.4, 0.5) is 4.39 Å². The average molecular weight is 219 g/mol. The predicted octanol–water partition coefficient (Wildman–Crippen LogP) is 1.03. The van der Waals surface area contributed by atoms with Crippen molar-refractivity contribution >= 4 is 0 Å². The van der Waals surface area contributed by atoms with E-state index in [0.29, 0.717) is 17.0 Å². The van der Waals surface area contributed by atoms with Gasteiger partial charge in [-0.15, -0.1) is 0 Å². The molecule has 0 amide bonds. The Morgan fingerprint density at radius 2 is 2.12 bits per heavy atom. The molecule has 0 spiro atoms. The van der Waals surface area contributed by atoms with E-state index in [1.165, 1.54) is 12.1 Å². The maximum absolute atomic E-state index is 12.6. The Hall–Kier alpha value is -2.01. The molecule has 0 aliphatic carbocycles. The van der Waals surface area contributed by atoms with Gasteiger partial charge in [-0.25, -0.2) is 4.39 Å². The van der Waals surface area contributed by atoms with Crippen molar-refractivity contribution in [2.45, 2.75) is 6.54 Å². The SMILES string of the molecule is NCc1ccc(-c2ccc(F)cn2)[nH]c1=O. The van der Waals surface area contributed by atoms with Crippen LogP contribution in [0.5, 0.6) is 0 Å². The Kier molecular flexibility index (Phi) is 2.78. The first kappa shape index (κ1) is 10.5. The summed E-state index contributed by atoms with van der Waals surface area (Å²) in [4.78, 5) is 18.0. The average Bonchev–Trinajstić information content (AvgIpc) is 2.30. The molecule has 0 fully saturated rings. The van der Waals surface area contributed by atoms with E-state index in [-0.39, 0.29) is 12.1 Å². The minimum absolute atomic E-state index is 0.187. The number of aromatic nitrogens is 2. The van der Waals surface area contributed by atoms with E-state index in [9.17, 15) is 9.18 Å². The van der Waals surface area contributed by atoms with Gasteiger partial charge in [-0.05, 0) is 18.2 Å². The maximum atomic E-state index is 12.6. The molecule has 0 aromatic carbocycles. The number of nitrogens with zero attached hydrogens (tertiary/aromatic N) is 1. The van der Waals surface area contributed by atoms with Gasteiger partial charge in [0.05, 0.1) is 17.6 Å². The highest BCUT2D eigenvalue weighted by atomic mass is 19.1. The molecule has 0 saturated carbocycles. The van der Waals surface area contributed by atoms with Crippen LogP contribution >= 0.6 is 0 Å². The summed E-state index contributed by atoms with van der Waals surface area (Å²) in [5.41, 5.74) is 6.69. The van der Waals surface area contributed by atoms with Crippen LogP contribution in [-0.4, -0.2) is 9.97 Å². The summed E-state index contributed by atoms with van der Waals surface area (Å²) >= 11 is 0. The van der Waals surface area contributed by atoms with Crippen LogP contribution in [0, 0.1) is 5.82 Å². The van der Waals surface area contributed by atoms with Crippen molar-refractivity contribution in [2.24, 2.45) is 5.73 Å². The quantitative estimate of drug-likeness (QED) is 0.792. The first-order valence-electron chi connectivity index (χ1n) is 4.75. The molecule has 0 bridgehead atoms. The Balaban J connectivity index is 2.45. The second-order valence-electron chi connectivity index (χ2n) is 3.29. The largest absolute Gasteiger partial charge is 0.326 e. The van der Waals surface area contributed by atoms with Gasteiger partial charge < -0.3 is 10.7 Å². The third-order valence-electron chi connectivity index (χ3n) is 2.21. The Labute approximate surface area is 91.0 Å². The molecule has 0 atom stereocenters. The molecule has 2 heterocycles. The highest BCUT2D eigenvalue weighted by molar-refractivity contribution is 5.53. The van der Waals surface area contributed by atoms with Crippen LogP contribution in [0.3, 0.4) is 0 Å². The van der Waals surface area contributed by atoms with Crippen molar-refractivity contribution in [3.63, 3.8) is 0 Å². The monoisotopic (exact) mass is 219 g/mol. The maximum Gasteiger partial charge on any atom is 0.252 e. The highest BCUT2D eigenvalue weighted by Crippen LogP contribution is 2.12. The van der Waals surface area contributed by atoms with Gasteiger partial charge >= 0.3 is 0 Å². The number of H-pyrrole nitrogens is 1. The number of aromatic amines is 1. The minimum atomic E-state index is -0.412. The molecule has 4 nitrogen and oxygen atoms in total. The zero-order valence-corrected chi connectivity index (χ0v) is 8.40. The molecule has 82 valence electrons. The third-order valence-corrected chi connectivity index (χ3v) is 2.21. The Bertz CT molecular complexity index is 548. The Morgan fingerprint density at radius 3 is 2.69 bits per heavy atom. The fourth-order valence-electron chi connectivity index (χ4n) is 1.35. The number of rotatable bonds is 2. The second-order valence-corrected chi connectivity index (χ2v) is 3.29. The molecule has 0 saturated heterocycles. The topological polar surface area (TPSA) is 71.8 Å². The summed E-state index contributed by atoms with van der Waals surface area (Å²) < 4.78 is 12.6. The van der Waals surface area contributed by atoms with Gasteiger partial charge in [-0.3, -0.25) is 9.78 Å². The standard InChI is InChI=1S/C11H10FN3O/c12-8-2-4-9(14-6-8)10-3-1-7(5-13)11(16)15-10/h1-4,6H,5,13H2,(H,15,16). The minimum Gasteiger partial charge on any atom is -0.326 e. The Morgan fingerprint density at radius 1 is 1.31 bits per heavy atom. The molecule has 16 heavy (non-hydrogen) atoms. The normalized spacial score (nSPS) is 10.4. The highest BCUT2D eigenvalue weighted by Gasteiger charge is 2.03. The van der Waals surface area contributed by atoms with Crippen molar-refractivity contribution in [3.8, 4) is 11.4 Å². The number of pyridine rings is 2. The van der Waals surface area contributed by atoms with E-state index in [0.717, 1.165) is 6.20 Å². The van der Waals surface area contributed by atoms with Gasteiger partial charge in [0.25, 0.3) is 5.56 Å². The lowest BCUT2D eigenvalue weighted by atomic mass is 10.2. The summed E-state index contributed by atoms with van der Waals surface area (Å²) in [5.74, 6) is -0.412. The summed E-state index contributed by atoms with van der Waals surface area (Å²) in [6.45, 7) is 0.187. The third kappa shape index (κ3) is 1.99. The lowest BCUT2D eigenvalue weighted by Gasteiger charge is -2.01. The van der Waals surface area contributed by atoms with Gasteiger partial charge in [0.15, 0.2) is 0 Å². The number of halogens is 1. The molecule has 0 aliphatic heterocycles. The number of nitrogens with two attached hydrogens (primary N) is 1. The van der Waals surface area contributed by atoms with E-state index in [1.54, 1.807) is 12.1 Å². The summed E-state index contributed by atoms with van der Waals surface area (Å²) in [6, 6.07) is 6.13. The zero-order chi connectivity index (χ0) is 11.5. The lowest BCUT2D eigenvalue weighted by molar-refractivity contribution is 0.622. The summed E-state index contributed by atoms with van der Waals surface area (Å²) in [5, 5.41) is 0. The van der Waals surface area contributed by atoms with Crippen molar-refractivity contribution < 1.29 is 4.39 Å². The molecule has 5 heteroatoms. The van der Waals surface area contributed by atoms with E-state index < -0.39 is 5.82 Å². The van der Waals surface area contributed by atoms with Crippen molar-refractivity contribution in [2.75, 3.05) is 0 Å². The fraction of sp³-hybridized carbons (Fsp3) is 0.0909. The van der Waals surface area contributed by atoms with E-state index in [2.05, 4.69) is 9.97 Å². The number of nitrogens with one attached hydrogen (secondary N) is 1. The molecule has 0 aliphatic rings. The van der Waals surface area contributed by atoms with Crippen molar-refractivity contribution in [1.82, 2.24) is 9.97 Å². The van der Waals surface area contributed by atoms with Gasteiger partial charge in [0, 0.05) is 12.1 Å². The first-order valence-corrected chi connectivity index (χ1v) is 4.75. The zero-order valence-electron chi connectivity index (χ0n) is 8.40. The van der Waals surface area contributed by atoms with Crippen LogP contribution in [-0.2, 0) is 6.54 Å². The van der Waals surface area contributed by atoms with Crippen LogP contribution in [0.2, 0.25) is 0 Å². The lowest BCUT2D eigenvalue weighted by Crippen LogP contribution is -2.16. The summed E-state index contributed by atoms with van der Waals surface area (Å²) in [6.07, 6.45) is 1.10. The molecule has 2 aromatic heterocycles. The molecule has 0 unspecified atom stereocenters. The smallest absolute Gasteiger partial charge is 0.252 e. The molecule has 3 N–H and O–H groups in total. The van der Waals surface area contributed by atoms with E-state index >= 15 is 0 Å². The van der Waals surface area contributed by atoms with Gasteiger partial charge in [0.1, 0.15) is 5.82 Å². The van der Waals surface area contributed by atoms with Crippen LogP contribution < -0.4 is 11.3 Å². The number of hydrogen-bond donors (Lipinski definition) is 2. The van der Waals surface area contributed by atoms with Crippen LogP contribution in [0.25, 0.3) is 11.4 Å².